The first-order valence-corrected chi connectivity index (χ1v) is 8.59. The molecule has 0 saturated heterocycles. The van der Waals surface area contributed by atoms with Crippen molar-refractivity contribution < 1.29 is 17.9 Å². The number of nitrogens with one attached hydrogen (secondary N) is 2. The fourth-order valence-corrected chi connectivity index (χ4v) is 2.48. The van der Waals surface area contributed by atoms with Crippen LogP contribution in [0.5, 0.6) is 5.75 Å². The van der Waals surface area contributed by atoms with Gasteiger partial charge in [-0.2, -0.15) is 13.2 Å². The van der Waals surface area contributed by atoms with E-state index in [2.05, 4.69) is 22.5 Å². The number of alkyl halides is 3. The Labute approximate surface area is 176 Å². The van der Waals surface area contributed by atoms with Crippen molar-refractivity contribution in [3.8, 4) is 5.75 Å². The van der Waals surface area contributed by atoms with E-state index in [0.29, 0.717) is 25.0 Å². The largest absolute Gasteiger partial charge is 0.497 e. The lowest BCUT2D eigenvalue weighted by molar-refractivity contribution is -0.142. The van der Waals surface area contributed by atoms with Gasteiger partial charge in [0.1, 0.15) is 5.75 Å². The third-order valence-electron chi connectivity index (χ3n) is 4.01. The van der Waals surface area contributed by atoms with E-state index in [4.69, 9.17) is 4.74 Å². The Kier molecular flexibility index (Phi) is 12.4. The van der Waals surface area contributed by atoms with Crippen LogP contribution in [0.15, 0.2) is 29.3 Å². The summed E-state index contributed by atoms with van der Waals surface area (Å²) in [6.07, 6.45) is -3.27. The standard InChI is InChI=1S/C18H29F3N4O.HI/c1-14(15-5-7-16(26-4)8-6-15)9-10-23-17(22-2)24-11-12-25(3)13-18(19,20)21;/h5-8,14H,9-13H2,1-4H3,(H2,22,23,24);1H. The van der Waals surface area contributed by atoms with E-state index in [1.807, 2.05) is 24.3 Å². The normalized spacial score (nSPS) is 13.1. The molecule has 0 bridgehead atoms. The van der Waals surface area contributed by atoms with Gasteiger partial charge in [-0.25, -0.2) is 0 Å². The van der Waals surface area contributed by atoms with Gasteiger partial charge in [-0.1, -0.05) is 19.1 Å². The molecule has 0 heterocycles. The zero-order valence-electron chi connectivity index (χ0n) is 16.3. The molecule has 0 amide bonds. The zero-order chi connectivity index (χ0) is 19.6. The van der Waals surface area contributed by atoms with Crippen molar-refractivity contribution in [1.82, 2.24) is 15.5 Å². The predicted molar refractivity (Wildman–Crippen MR) is 114 cm³/mol. The highest BCUT2D eigenvalue weighted by atomic mass is 127. The van der Waals surface area contributed by atoms with Crippen LogP contribution < -0.4 is 15.4 Å². The molecule has 5 nitrogen and oxygen atoms in total. The first kappa shape index (κ1) is 25.8. The number of ether oxygens (including phenoxy) is 1. The van der Waals surface area contributed by atoms with E-state index in [1.54, 1.807) is 14.2 Å². The van der Waals surface area contributed by atoms with Crippen molar-refractivity contribution in [3.63, 3.8) is 0 Å². The molecule has 0 aliphatic rings. The lowest BCUT2D eigenvalue weighted by Gasteiger charge is -2.20. The summed E-state index contributed by atoms with van der Waals surface area (Å²) in [5.41, 5.74) is 1.23. The summed E-state index contributed by atoms with van der Waals surface area (Å²) in [5.74, 6) is 1.79. The van der Waals surface area contributed by atoms with Crippen LogP contribution in [-0.2, 0) is 0 Å². The van der Waals surface area contributed by atoms with E-state index in [-0.39, 0.29) is 30.5 Å². The SMILES string of the molecule is CN=C(NCCC(C)c1ccc(OC)cc1)NCCN(C)CC(F)(F)F.I. The van der Waals surface area contributed by atoms with Gasteiger partial charge in [-0.05, 0) is 37.1 Å². The average Bonchev–Trinajstić information content (AvgIpc) is 2.58. The van der Waals surface area contributed by atoms with E-state index in [1.165, 1.54) is 17.5 Å². The van der Waals surface area contributed by atoms with Crippen molar-refractivity contribution in [2.75, 3.05) is 47.4 Å². The Balaban J connectivity index is 0.00000676. The second-order valence-electron chi connectivity index (χ2n) is 6.24. The Hall–Kier alpha value is -1.23. The van der Waals surface area contributed by atoms with Gasteiger partial charge in [0, 0.05) is 26.7 Å². The molecule has 27 heavy (non-hydrogen) atoms. The van der Waals surface area contributed by atoms with Gasteiger partial charge in [0.15, 0.2) is 5.96 Å². The number of rotatable bonds is 9. The maximum Gasteiger partial charge on any atom is 0.401 e. The number of hydrogen-bond acceptors (Lipinski definition) is 3. The summed E-state index contributed by atoms with van der Waals surface area (Å²) in [7, 11) is 4.73. The van der Waals surface area contributed by atoms with Gasteiger partial charge >= 0.3 is 6.18 Å². The molecule has 1 unspecified atom stereocenters. The number of halogens is 4. The van der Waals surface area contributed by atoms with Crippen LogP contribution >= 0.6 is 24.0 Å². The highest BCUT2D eigenvalue weighted by Crippen LogP contribution is 2.21. The van der Waals surface area contributed by atoms with Crippen LogP contribution in [0.3, 0.4) is 0 Å². The molecule has 0 fully saturated rings. The number of methoxy groups -OCH3 is 1. The molecular weight excluding hydrogens is 472 g/mol. The van der Waals surface area contributed by atoms with Gasteiger partial charge in [0.05, 0.1) is 13.7 Å². The third kappa shape index (κ3) is 11.3. The highest BCUT2D eigenvalue weighted by Gasteiger charge is 2.28. The smallest absolute Gasteiger partial charge is 0.401 e. The molecule has 2 N–H and O–H groups in total. The van der Waals surface area contributed by atoms with Crippen molar-refractivity contribution in [2.24, 2.45) is 4.99 Å². The van der Waals surface area contributed by atoms with Gasteiger partial charge < -0.3 is 15.4 Å². The molecule has 0 saturated carbocycles. The lowest BCUT2D eigenvalue weighted by Crippen LogP contribution is -2.42. The molecule has 0 aliphatic carbocycles. The Morgan fingerprint density at radius 2 is 1.78 bits per heavy atom. The first-order valence-electron chi connectivity index (χ1n) is 8.59. The number of likely N-dealkylation sites (N-methyl/N-ethyl adjacent to an activating group) is 1. The maximum absolute atomic E-state index is 12.3. The molecule has 1 aromatic rings. The zero-order valence-corrected chi connectivity index (χ0v) is 18.6. The fraction of sp³-hybridized carbons (Fsp3) is 0.611. The number of aliphatic imine (C=N–C) groups is 1. The average molecular weight is 502 g/mol. The molecule has 0 aromatic heterocycles. The summed E-state index contributed by atoms with van der Waals surface area (Å²) in [5, 5.41) is 6.22. The molecular formula is C18H30F3IN4O. The van der Waals surface area contributed by atoms with Crippen molar-refractivity contribution in [3.05, 3.63) is 29.8 Å². The van der Waals surface area contributed by atoms with Gasteiger partial charge in [-0.3, -0.25) is 9.89 Å². The summed E-state index contributed by atoms with van der Waals surface area (Å²) in [4.78, 5) is 5.32. The highest BCUT2D eigenvalue weighted by molar-refractivity contribution is 14.0. The van der Waals surface area contributed by atoms with Crippen LogP contribution in [0.2, 0.25) is 0 Å². The summed E-state index contributed by atoms with van der Waals surface area (Å²) in [6, 6.07) is 7.98. The van der Waals surface area contributed by atoms with Crippen molar-refractivity contribution >= 4 is 29.9 Å². The van der Waals surface area contributed by atoms with Crippen LogP contribution in [0.4, 0.5) is 13.2 Å². The molecule has 1 rings (SSSR count). The Bertz CT molecular complexity index is 553. The molecule has 0 aliphatic heterocycles. The van der Waals surface area contributed by atoms with Crippen LogP contribution in [0.25, 0.3) is 0 Å². The molecule has 156 valence electrons. The maximum atomic E-state index is 12.3. The van der Waals surface area contributed by atoms with Crippen molar-refractivity contribution in [2.45, 2.75) is 25.4 Å². The quantitative estimate of drug-likeness (QED) is 0.309. The van der Waals surface area contributed by atoms with E-state index >= 15 is 0 Å². The minimum Gasteiger partial charge on any atom is -0.497 e. The topological polar surface area (TPSA) is 48.9 Å². The Morgan fingerprint density at radius 3 is 2.30 bits per heavy atom. The molecule has 1 aromatic carbocycles. The summed E-state index contributed by atoms with van der Waals surface area (Å²) in [6.45, 7) is 2.61. The van der Waals surface area contributed by atoms with Gasteiger partial charge in [-0.15, -0.1) is 24.0 Å². The predicted octanol–water partition coefficient (Wildman–Crippen LogP) is 3.47. The minimum absolute atomic E-state index is 0. The van der Waals surface area contributed by atoms with Crippen LogP contribution in [-0.4, -0.2) is 64.4 Å². The molecule has 0 radical (unpaired) electrons. The molecule has 9 heteroatoms. The second kappa shape index (κ2) is 13.0. The lowest BCUT2D eigenvalue weighted by atomic mass is 9.98. The fourth-order valence-electron chi connectivity index (χ4n) is 2.48. The van der Waals surface area contributed by atoms with E-state index in [0.717, 1.165) is 12.2 Å². The van der Waals surface area contributed by atoms with Crippen LogP contribution in [0.1, 0.15) is 24.8 Å². The Morgan fingerprint density at radius 1 is 1.19 bits per heavy atom. The summed E-state index contributed by atoms with van der Waals surface area (Å²) >= 11 is 0. The van der Waals surface area contributed by atoms with Gasteiger partial charge in [0.2, 0.25) is 0 Å². The number of guanidine groups is 1. The first-order chi connectivity index (χ1) is 12.2. The number of benzene rings is 1. The molecule has 0 spiro atoms. The second-order valence-corrected chi connectivity index (χ2v) is 6.24. The number of nitrogens with zero attached hydrogens (tertiary/aromatic N) is 2. The monoisotopic (exact) mass is 502 g/mol. The summed E-state index contributed by atoms with van der Waals surface area (Å²) < 4.78 is 42.0. The van der Waals surface area contributed by atoms with Crippen molar-refractivity contribution in [1.29, 1.82) is 0 Å². The molecule has 1 atom stereocenters. The van der Waals surface area contributed by atoms with Gasteiger partial charge in [0.25, 0.3) is 0 Å². The third-order valence-corrected chi connectivity index (χ3v) is 4.01. The minimum atomic E-state index is -4.17. The number of hydrogen-bond donors (Lipinski definition) is 2. The van der Waals surface area contributed by atoms with E-state index < -0.39 is 12.7 Å². The van der Waals surface area contributed by atoms with Crippen LogP contribution in [0, 0.1) is 0 Å². The van der Waals surface area contributed by atoms with E-state index in [9.17, 15) is 13.2 Å².